The van der Waals surface area contributed by atoms with Crippen molar-refractivity contribution < 1.29 is 9.15 Å². The maximum Gasteiger partial charge on any atom is 0.122 e. The fourth-order valence-electron chi connectivity index (χ4n) is 1.89. The molecule has 1 aromatic heterocycles. The Morgan fingerprint density at radius 3 is 2.93 bits per heavy atom. The lowest BCUT2D eigenvalue weighted by atomic mass is 9.98. The zero-order valence-corrected chi connectivity index (χ0v) is 8.32. The molecule has 2 atom stereocenters. The maximum absolute atomic E-state index is 5.55. The van der Waals surface area contributed by atoms with Crippen molar-refractivity contribution in [2.45, 2.75) is 19.4 Å². The molecule has 78 valence electrons. The van der Waals surface area contributed by atoms with Crippen molar-refractivity contribution in [2.24, 2.45) is 11.8 Å². The highest BCUT2D eigenvalue weighted by Gasteiger charge is 2.28. The van der Waals surface area contributed by atoms with E-state index in [0.717, 1.165) is 31.2 Å². The Morgan fingerprint density at radius 2 is 2.43 bits per heavy atom. The lowest BCUT2D eigenvalue weighted by molar-refractivity contribution is 0.173. The molecular formula is C10H16N2O2. The van der Waals surface area contributed by atoms with Crippen molar-refractivity contribution >= 4 is 0 Å². The van der Waals surface area contributed by atoms with Gasteiger partial charge in [0.2, 0.25) is 0 Å². The highest BCUT2D eigenvalue weighted by molar-refractivity contribution is 5.10. The second-order valence-electron chi connectivity index (χ2n) is 3.72. The van der Waals surface area contributed by atoms with Crippen molar-refractivity contribution in [3.05, 3.63) is 23.7 Å². The van der Waals surface area contributed by atoms with Crippen molar-refractivity contribution in [3.63, 3.8) is 0 Å². The number of ether oxygens (including phenoxy) is 1. The number of hydrazine groups is 1. The van der Waals surface area contributed by atoms with E-state index in [4.69, 9.17) is 15.0 Å². The van der Waals surface area contributed by atoms with Gasteiger partial charge < -0.3 is 9.15 Å². The second kappa shape index (κ2) is 4.13. The van der Waals surface area contributed by atoms with Crippen molar-refractivity contribution in [1.29, 1.82) is 0 Å². The van der Waals surface area contributed by atoms with Gasteiger partial charge in [0.1, 0.15) is 11.5 Å². The number of hydrogen-bond donors (Lipinski definition) is 2. The average Bonchev–Trinajstić information content (AvgIpc) is 2.79. The Bertz CT molecular complexity index is 292. The standard InChI is InChI=1S/C10H16N2O2/c1-7-2-3-9(14-7)10(12-11)8-4-5-13-6-8/h2-3,8,10,12H,4-6,11H2,1H3. The summed E-state index contributed by atoms with van der Waals surface area (Å²) in [6.45, 7) is 3.51. The average molecular weight is 196 g/mol. The van der Waals surface area contributed by atoms with Crippen LogP contribution in [-0.2, 0) is 4.74 Å². The Balaban J connectivity index is 2.12. The number of hydrogen-bond acceptors (Lipinski definition) is 4. The number of furan rings is 1. The van der Waals surface area contributed by atoms with Gasteiger partial charge in [-0.3, -0.25) is 5.84 Å². The van der Waals surface area contributed by atoms with Crippen LogP contribution < -0.4 is 11.3 Å². The van der Waals surface area contributed by atoms with E-state index in [0.29, 0.717) is 5.92 Å². The molecule has 0 amide bonds. The summed E-state index contributed by atoms with van der Waals surface area (Å²) < 4.78 is 10.9. The summed E-state index contributed by atoms with van der Waals surface area (Å²) in [5.41, 5.74) is 2.80. The maximum atomic E-state index is 5.55. The molecule has 4 nitrogen and oxygen atoms in total. The first-order chi connectivity index (χ1) is 6.81. The fourth-order valence-corrected chi connectivity index (χ4v) is 1.89. The van der Waals surface area contributed by atoms with E-state index in [2.05, 4.69) is 5.43 Å². The molecule has 1 saturated heterocycles. The highest BCUT2D eigenvalue weighted by atomic mass is 16.5. The van der Waals surface area contributed by atoms with Crippen LogP contribution in [0.2, 0.25) is 0 Å². The van der Waals surface area contributed by atoms with Crippen LogP contribution in [0.1, 0.15) is 24.0 Å². The van der Waals surface area contributed by atoms with Gasteiger partial charge in [-0.15, -0.1) is 0 Å². The third-order valence-corrected chi connectivity index (χ3v) is 2.68. The van der Waals surface area contributed by atoms with Crippen LogP contribution in [0.4, 0.5) is 0 Å². The first-order valence-corrected chi connectivity index (χ1v) is 4.91. The minimum Gasteiger partial charge on any atom is -0.465 e. The number of rotatable bonds is 3. The van der Waals surface area contributed by atoms with Gasteiger partial charge in [-0.1, -0.05) is 0 Å². The predicted octanol–water partition coefficient (Wildman–Crippen LogP) is 1.13. The molecule has 2 unspecified atom stereocenters. The third-order valence-electron chi connectivity index (χ3n) is 2.68. The van der Waals surface area contributed by atoms with Crippen LogP contribution in [-0.4, -0.2) is 13.2 Å². The molecule has 2 heterocycles. The SMILES string of the molecule is Cc1ccc(C(NN)C2CCOC2)o1. The minimum atomic E-state index is 0.0752. The lowest BCUT2D eigenvalue weighted by Gasteiger charge is -2.18. The first-order valence-electron chi connectivity index (χ1n) is 4.91. The van der Waals surface area contributed by atoms with Gasteiger partial charge in [-0.05, 0) is 25.5 Å². The Kier molecular flexibility index (Phi) is 2.86. The van der Waals surface area contributed by atoms with Crippen molar-refractivity contribution in [1.82, 2.24) is 5.43 Å². The summed E-state index contributed by atoms with van der Waals surface area (Å²) in [6.07, 6.45) is 1.04. The zero-order valence-electron chi connectivity index (χ0n) is 8.32. The van der Waals surface area contributed by atoms with Crippen LogP contribution in [0, 0.1) is 12.8 Å². The fraction of sp³-hybridized carbons (Fsp3) is 0.600. The molecule has 4 heteroatoms. The molecule has 1 aliphatic rings. The van der Waals surface area contributed by atoms with Crippen LogP contribution in [0.15, 0.2) is 16.5 Å². The molecule has 1 aromatic rings. The number of nitrogens with two attached hydrogens (primary N) is 1. The van der Waals surface area contributed by atoms with Gasteiger partial charge >= 0.3 is 0 Å². The van der Waals surface area contributed by atoms with E-state index in [1.54, 1.807) is 0 Å². The van der Waals surface area contributed by atoms with E-state index in [-0.39, 0.29) is 6.04 Å². The molecule has 0 aromatic carbocycles. The Labute approximate surface area is 83.4 Å². The van der Waals surface area contributed by atoms with Crippen LogP contribution >= 0.6 is 0 Å². The zero-order chi connectivity index (χ0) is 9.97. The number of nitrogens with one attached hydrogen (secondary N) is 1. The largest absolute Gasteiger partial charge is 0.465 e. The van der Waals surface area contributed by atoms with Gasteiger partial charge in [0.05, 0.1) is 12.6 Å². The normalized spacial score (nSPS) is 24.0. The summed E-state index contributed by atoms with van der Waals surface area (Å²) >= 11 is 0. The quantitative estimate of drug-likeness (QED) is 0.562. The molecule has 0 aliphatic carbocycles. The summed E-state index contributed by atoms with van der Waals surface area (Å²) in [5, 5.41) is 0. The molecular weight excluding hydrogens is 180 g/mol. The summed E-state index contributed by atoms with van der Waals surface area (Å²) in [4.78, 5) is 0. The molecule has 3 N–H and O–H groups in total. The van der Waals surface area contributed by atoms with Gasteiger partial charge in [0, 0.05) is 12.5 Å². The molecule has 0 radical (unpaired) electrons. The third kappa shape index (κ3) is 1.82. The molecule has 14 heavy (non-hydrogen) atoms. The second-order valence-corrected chi connectivity index (χ2v) is 3.72. The Hall–Kier alpha value is -0.840. The topological polar surface area (TPSA) is 60.4 Å². The van der Waals surface area contributed by atoms with Gasteiger partial charge in [-0.25, -0.2) is 5.43 Å². The van der Waals surface area contributed by atoms with E-state index >= 15 is 0 Å². The van der Waals surface area contributed by atoms with Gasteiger partial charge in [0.25, 0.3) is 0 Å². The Morgan fingerprint density at radius 1 is 1.57 bits per heavy atom. The summed E-state index contributed by atoms with van der Waals surface area (Å²) in [7, 11) is 0. The first kappa shape index (κ1) is 9.71. The molecule has 0 saturated carbocycles. The van der Waals surface area contributed by atoms with Crippen LogP contribution in [0.3, 0.4) is 0 Å². The van der Waals surface area contributed by atoms with Gasteiger partial charge in [-0.2, -0.15) is 0 Å². The predicted molar refractivity (Wildman–Crippen MR) is 52.4 cm³/mol. The number of aryl methyl sites for hydroxylation is 1. The summed E-state index contributed by atoms with van der Waals surface area (Å²) in [5.74, 6) is 7.77. The lowest BCUT2D eigenvalue weighted by Crippen LogP contribution is -2.33. The minimum absolute atomic E-state index is 0.0752. The van der Waals surface area contributed by atoms with Crippen molar-refractivity contribution in [3.8, 4) is 0 Å². The van der Waals surface area contributed by atoms with Crippen LogP contribution in [0.25, 0.3) is 0 Å². The monoisotopic (exact) mass is 196 g/mol. The molecule has 0 spiro atoms. The molecule has 1 aliphatic heterocycles. The van der Waals surface area contributed by atoms with E-state index in [1.165, 1.54) is 0 Å². The molecule has 1 fully saturated rings. The smallest absolute Gasteiger partial charge is 0.122 e. The van der Waals surface area contributed by atoms with E-state index in [1.807, 2.05) is 19.1 Å². The van der Waals surface area contributed by atoms with Crippen molar-refractivity contribution in [2.75, 3.05) is 13.2 Å². The van der Waals surface area contributed by atoms with E-state index < -0.39 is 0 Å². The molecule has 2 rings (SSSR count). The highest BCUT2D eigenvalue weighted by Crippen LogP contribution is 2.28. The summed E-state index contributed by atoms with van der Waals surface area (Å²) in [6, 6.07) is 4.00. The molecule has 0 bridgehead atoms. The van der Waals surface area contributed by atoms with E-state index in [9.17, 15) is 0 Å². The van der Waals surface area contributed by atoms with Crippen LogP contribution in [0.5, 0.6) is 0 Å². The van der Waals surface area contributed by atoms with Gasteiger partial charge in [0.15, 0.2) is 0 Å².